The molecule has 0 bridgehead atoms. The standard InChI is InChI=1S/C28H27N7S/c1-18(2)36-28-33-32-26(35(28)19-11-5-4-6-12-19)25-21(20-13-7-10-16-24(20)34(25)3)17-29-27-30-22-14-8-9-15-23(22)31-27/h4-16,18H,17H2,1-3H3,(H2,29,30,31). The van der Waals surface area contributed by atoms with Crippen molar-refractivity contribution >= 4 is 39.6 Å². The van der Waals surface area contributed by atoms with Crippen molar-refractivity contribution in [2.75, 3.05) is 5.32 Å². The maximum absolute atomic E-state index is 4.74. The van der Waals surface area contributed by atoms with Crippen LogP contribution in [0.5, 0.6) is 0 Å². The van der Waals surface area contributed by atoms with Crippen LogP contribution in [0.25, 0.3) is 39.1 Å². The van der Waals surface area contributed by atoms with E-state index in [0.29, 0.717) is 11.8 Å². The number of hydrogen-bond donors (Lipinski definition) is 2. The average Bonchev–Trinajstić information content (AvgIpc) is 3.57. The number of aromatic nitrogens is 6. The van der Waals surface area contributed by atoms with Crippen molar-refractivity contribution in [3.63, 3.8) is 0 Å². The van der Waals surface area contributed by atoms with Crippen LogP contribution in [0.4, 0.5) is 5.95 Å². The first kappa shape index (κ1) is 22.4. The molecule has 3 aromatic carbocycles. The van der Waals surface area contributed by atoms with Crippen LogP contribution in [0.15, 0.2) is 84.0 Å². The number of rotatable bonds is 7. The van der Waals surface area contributed by atoms with Crippen LogP contribution < -0.4 is 5.32 Å². The Kier molecular flexibility index (Phi) is 5.73. The number of nitrogens with one attached hydrogen (secondary N) is 2. The van der Waals surface area contributed by atoms with Gasteiger partial charge in [0.1, 0.15) is 0 Å². The molecule has 0 saturated carbocycles. The van der Waals surface area contributed by atoms with E-state index in [2.05, 4.69) is 94.0 Å². The first-order valence-corrected chi connectivity index (χ1v) is 12.9. The summed E-state index contributed by atoms with van der Waals surface area (Å²) in [4.78, 5) is 8.09. The third-order valence-electron chi connectivity index (χ3n) is 6.23. The van der Waals surface area contributed by atoms with Crippen LogP contribution in [-0.2, 0) is 13.6 Å². The molecule has 0 amide bonds. The monoisotopic (exact) mass is 493 g/mol. The Morgan fingerprint density at radius 2 is 1.67 bits per heavy atom. The second-order valence-electron chi connectivity index (χ2n) is 9.00. The number of anilines is 1. The number of thioether (sulfide) groups is 1. The number of para-hydroxylation sites is 4. The molecule has 0 aliphatic carbocycles. The van der Waals surface area contributed by atoms with Gasteiger partial charge in [0.2, 0.25) is 5.95 Å². The Hall–Kier alpha value is -4.04. The number of hydrogen-bond acceptors (Lipinski definition) is 5. The highest BCUT2D eigenvalue weighted by atomic mass is 32.2. The van der Waals surface area contributed by atoms with Crippen molar-refractivity contribution in [2.24, 2.45) is 7.05 Å². The normalized spacial score (nSPS) is 11.7. The van der Waals surface area contributed by atoms with Crippen molar-refractivity contribution in [1.29, 1.82) is 0 Å². The van der Waals surface area contributed by atoms with Gasteiger partial charge in [0.05, 0.1) is 16.7 Å². The van der Waals surface area contributed by atoms with Gasteiger partial charge < -0.3 is 14.9 Å². The molecule has 0 atom stereocenters. The van der Waals surface area contributed by atoms with Gasteiger partial charge in [-0.25, -0.2) is 4.98 Å². The summed E-state index contributed by atoms with van der Waals surface area (Å²) in [6.07, 6.45) is 0. The van der Waals surface area contributed by atoms with Gasteiger partial charge in [-0.2, -0.15) is 0 Å². The largest absolute Gasteiger partial charge is 0.352 e. The van der Waals surface area contributed by atoms with Crippen molar-refractivity contribution in [1.82, 2.24) is 29.3 Å². The summed E-state index contributed by atoms with van der Waals surface area (Å²) >= 11 is 1.72. The van der Waals surface area contributed by atoms with E-state index in [-0.39, 0.29) is 0 Å². The Labute approximate surface area is 213 Å². The van der Waals surface area contributed by atoms with Crippen molar-refractivity contribution < 1.29 is 0 Å². The predicted molar refractivity (Wildman–Crippen MR) is 148 cm³/mol. The van der Waals surface area contributed by atoms with Gasteiger partial charge in [-0.3, -0.25) is 4.57 Å². The molecule has 7 nitrogen and oxygen atoms in total. The number of fused-ring (bicyclic) bond motifs is 2. The van der Waals surface area contributed by atoms with E-state index < -0.39 is 0 Å². The summed E-state index contributed by atoms with van der Waals surface area (Å²) in [5.74, 6) is 1.57. The van der Waals surface area contributed by atoms with Gasteiger partial charge in [0.15, 0.2) is 11.0 Å². The Bertz CT molecular complexity index is 1630. The smallest absolute Gasteiger partial charge is 0.201 e. The number of aryl methyl sites for hydroxylation is 1. The van der Waals surface area contributed by atoms with Crippen molar-refractivity contribution in [3.05, 3.63) is 84.4 Å². The maximum Gasteiger partial charge on any atom is 0.201 e. The van der Waals surface area contributed by atoms with Crippen LogP contribution in [-0.4, -0.2) is 34.5 Å². The molecule has 3 aromatic heterocycles. The molecule has 2 N–H and O–H groups in total. The second-order valence-corrected chi connectivity index (χ2v) is 10.5. The Morgan fingerprint density at radius 1 is 0.917 bits per heavy atom. The number of nitrogens with zero attached hydrogens (tertiary/aromatic N) is 5. The minimum absolute atomic E-state index is 0.381. The van der Waals surface area contributed by atoms with Crippen LogP contribution >= 0.6 is 11.8 Å². The van der Waals surface area contributed by atoms with E-state index in [0.717, 1.165) is 50.4 Å². The lowest BCUT2D eigenvalue weighted by molar-refractivity contribution is 0.871. The summed E-state index contributed by atoms with van der Waals surface area (Å²) < 4.78 is 4.39. The van der Waals surface area contributed by atoms with E-state index in [1.54, 1.807) is 11.8 Å². The van der Waals surface area contributed by atoms with Crippen molar-refractivity contribution in [2.45, 2.75) is 30.8 Å². The maximum atomic E-state index is 4.74. The molecule has 36 heavy (non-hydrogen) atoms. The molecule has 0 aliphatic rings. The number of aromatic amines is 1. The van der Waals surface area contributed by atoms with Gasteiger partial charge in [-0.1, -0.05) is 74.1 Å². The van der Waals surface area contributed by atoms with Gasteiger partial charge >= 0.3 is 0 Å². The van der Waals surface area contributed by atoms with Gasteiger partial charge in [0.25, 0.3) is 0 Å². The first-order valence-electron chi connectivity index (χ1n) is 12.0. The molecule has 0 spiro atoms. The molecule has 0 radical (unpaired) electrons. The minimum atomic E-state index is 0.381. The quantitative estimate of drug-likeness (QED) is 0.251. The van der Waals surface area contributed by atoms with Crippen LogP contribution in [0.2, 0.25) is 0 Å². The molecule has 6 rings (SSSR count). The molecule has 0 aliphatic heterocycles. The summed E-state index contributed by atoms with van der Waals surface area (Å²) in [5, 5.41) is 15.3. The predicted octanol–water partition coefficient (Wildman–Crippen LogP) is 6.41. The fourth-order valence-electron chi connectivity index (χ4n) is 4.66. The van der Waals surface area contributed by atoms with Crippen LogP contribution in [0.3, 0.4) is 0 Å². The zero-order valence-electron chi connectivity index (χ0n) is 20.4. The highest BCUT2D eigenvalue weighted by Gasteiger charge is 2.24. The molecule has 6 aromatic rings. The molecular formula is C28H27N7S. The zero-order chi connectivity index (χ0) is 24.6. The summed E-state index contributed by atoms with van der Waals surface area (Å²) in [7, 11) is 2.10. The highest BCUT2D eigenvalue weighted by molar-refractivity contribution is 7.99. The number of benzene rings is 3. The molecule has 180 valence electrons. The van der Waals surface area contributed by atoms with E-state index in [9.17, 15) is 0 Å². The molecule has 0 fully saturated rings. The van der Waals surface area contributed by atoms with E-state index in [1.807, 2.05) is 30.3 Å². The van der Waals surface area contributed by atoms with Gasteiger partial charge in [-0.05, 0) is 30.3 Å². The SMILES string of the molecule is CC(C)Sc1nnc(-c2c(CNc3nc4ccccc4[nH]3)c3ccccc3n2C)n1-c1ccccc1. The number of H-pyrrole nitrogens is 1. The molecule has 0 unspecified atom stereocenters. The summed E-state index contributed by atoms with van der Waals surface area (Å²) in [5.41, 5.74) is 6.33. The molecule has 3 heterocycles. The second kappa shape index (κ2) is 9.20. The van der Waals surface area contributed by atoms with E-state index in [4.69, 9.17) is 10.1 Å². The fourth-order valence-corrected chi connectivity index (χ4v) is 5.47. The summed E-state index contributed by atoms with van der Waals surface area (Å²) in [6, 6.07) is 26.9. The summed E-state index contributed by atoms with van der Waals surface area (Å²) in [6.45, 7) is 4.94. The zero-order valence-corrected chi connectivity index (χ0v) is 21.3. The lowest BCUT2D eigenvalue weighted by Crippen LogP contribution is -2.07. The third-order valence-corrected chi connectivity index (χ3v) is 7.18. The van der Waals surface area contributed by atoms with E-state index >= 15 is 0 Å². The van der Waals surface area contributed by atoms with E-state index in [1.165, 1.54) is 5.39 Å². The highest BCUT2D eigenvalue weighted by Crippen LogP contribution is 2.36. The number of imidazole rings is 1. The first-order chi connectivity index (χ1) is 17.6. The van der Waals surface area contributed by atoms with Gasteiger partial charge in [0, 0.05) is 41.0 Å². The fraction of sp³-hybridized carbons (Fsp3) is 0.179. The molecule has 0 saturated heterocycles. The minimum Gasteiger partial charge on any atom is -0.352 e. The average molecular weight is 494 g/mol. The Morgan fingerprint density at radius 3 is 2.47 bits per heavy atom. The molecular weight excluding hydrogens is 466 g/mol. The Balaban J connectivity index is 1.50. The van der Waals surface area contributed by atoms with Crippen LogP contribution in [0.1, 0.15) is 19.4 Å². The van der Waals surface area contributed by atoms with Crippen molar-refractivity contribution in [3.8, 4) is 17.2 Å². The van der Waals surface area contributed by atoms with Crippen LogP contribution in [0, 0.1) is 0 Å². The third kappa shape index (κ3) is 3.93. The molecule has 8 heteroatoms. The lowest BCUT2D eigenvalue weighted by atomic mass is 10.1. The lowest BCUT2D eigenvalue weighted by Gasteiger charge is -2.13. The van der Waals surface area contributed by atoms with Gasteiger partial charge in [-0.15, -0.1) is 10.2 Å². The topological polar surface area (TPSA) is 76.4 Å².